The van der Waals surface area contributed by atoms with Crippen molar-refractivity contribution in [3.8, 4) is 11.5 Å². The predicted octanol–water partition coefficient (Wildman–Crippen LogP) is 8.70. The number of unbranched alkanes of at least 4 members (excludes halogenated alkanes) is 15. The van der Waals surface area contributed by atoms with Gasteiger partial charge in [-0.05, 0) is 25.7 Å². The van der Waals surface area contributed by atoms with Gasteiger partial charge in [-0.25, -0.2) is 4.98 Å². The third-order valence-electron chi connectivity index (χ3n) is 11.9. The van der Waals surface area contributed by atoms with Crippen molar-refractivity contribution in [1.29, 1.82) is 0 Å². The van der Waals surface area contributed by atoms with E-state index in [-0.39, 0.29) is 24.5 Å². The van der Waals surface area contributed by atoms with E-state index in [1.807, 2.05) is 23.2 Å². The van der Waals surface area contributed by atoms with Gasteiger partial charge in [0.15, 0.2) is 11.3 Å². The minimum atomic E-state index is -0.144. The van der Waals surface area contributed by atoms with Gasteiger partial charge in [-0.3, -0.25) is 14.3 Å². The summed E-state index contributed by atoms with van der Waals surface area (Å²) in [4.78, 5) is 38.9. The SMILES string of the molecule is CCCCCCCCCCCCCCCCCC(=O)NCCCCC(=O)N1CCN(c2cc(OC)c(Cn3cc4nc(NC)nc(N[C@H](CO)CCC)c4n3)c(OC)c2)CC1. The molecule has 61 heavy (non-hydrogen) atoms. The number of carbonyl (C=O) groups is 2. The summed E-state index contributed by atoms with van der Waals surface area (Å²) in [5, 5.41) is 24.2. The summed E-state index contributed by atoms with van der Waals surface area (Å²) in [6.07, 6.45) is 26.1. The van der Waals surface area contributed by atoms with Crippen LogP contribution in [-0.2, 0) is 16.1 Å². The van der Waals surface area contributed by atoms with Gasteiger partial charge < -0.3 is 40.3 Å². The molecule has 1 aromatic carbocycles. The normalized spacial score (nSPS) is 13.4. The number of benzene rings is 1. The van der Waals surface area contributed by atoms with Gasteiger partial charge >= 0.3 is 0 Å². The molecule has 14 nitrogen and oxygen atoms in total. The molecule has 0 spiro atoms. The molecule has 3 aromatic rings. The maximum Gasteiger partial charge on any atom is 0.225 e. The summed E-state index contributed by atoms with van der Waals surface area (Å²) in [5.74, 6) is 2.69. The Morgan fingerprint density at radius 1 is 0.770 bits per heavy atom. The van der Waals surface area contributed by atoms with Crippen LogP contribution in [0, 0.1) is 0 Å². The smallest absolute Gasteiger partial charge is 0.225 e. The molecular formula is C47H79N9O5. The van der Waals surface area contributed by atoms with Gasteiger partial charge in [-0.2, -0.15) is 10.1 Å². The number of nitrogens with zero attached hydrogens (tertiary/aromatic N) is 6. The Balaban J connectivity index is 1.13. The first-order valence-corrected chi connectivity index (χ1v) is 23.7. The van der Waals surface area contributed by atoms with E-state index in [2.05, 4.69) is 44.7 Å². The lowest BCUT2D eigenvalue weighted by Crippen LogP contribution is -2.48. The van der Waals surface area contributed by atoms with Crippen LogP contribution in [0.25, 0.3) is 11.0 Å². The van der Waals surface area contributed by atoms with Gasteiger partial charge in [0.2, 0.25) is 17.8 Å². The largest absolute Gasteiger partial charge is 0.496 e. The zero-order chi connectivity index (χ0) is 43.7. The molecule has 342 valence electrons. The molecule has 0 saturated carbocycles. The van der Waals surface area contributed by atoms with Crippen molar-refractivity contribution in [2.45, 2.75) is 161 Å². The number of nitrogens with one attached hydrogen (secondary N) is 3. The Hall–Kier alpha value is -4.33. The molecule has 2 amide bonds. The van der Waals surface area contributed by atoms with E-state index in [9.17, 15) is 14.7 Å². The first-order chi connectivity index (χ1) is 29.8. The lowest BCUT2D eigenvalue weighted by molar-refractivity contribution is -0.131. The number of carbonyl (C=O) groups excluding carboxylic acids is 2. The zero-order valence-electron chi connectivity index (χ0n) is 38.4. The molecule has 1 saturated heterocycles. The van der Waals surface area contributed by atoms with Crippen molar-refractivity contribution < 1.29 is 24.2 Å². The molecule has 1 aliphatic rings. The van der Waals surface area contributed by atoms with Crippen molar-refractivity contribution in [2.24, 2.45) is 0 Å². The number of rotatable bonds is 32. The molecule has 0 radical (unpaired) electrons. The van der Waals surface area contributed by atoms with E-state index < -0.39 is 0 Å². The minimum Gasteiger partial charge on any atom is -0.496 e. The third-order valence-corrected chi connectivity index (χ3v) is 11.9. The van der Waals surface area contributed by atoms with E-state index >= 15 is 0 Å². The summed E-state index contributed by atoms with van der Waals surface area (Å²) in [6, 6.07) is 3.90. The fourth-order valence-corrected chi connectivity index (χ4v) is 8.22. The minimum absolute atomic E-state index is 0.0112. The van der Waals surface area contributed by atoms with Gasteiger partial charge in [0.1, 0.15) is 17.0 Å². The van der Waals surface area contributed by atoms with Crippen LogP contribution in [0.3, 0.4) is 0 Å². The average Bonchev–Trinajstić information content (AvgIpc) is 3.70. The number of aromatic nitrogens is 4. The number of amides is 2. The molecule has 0 unspecified atom stereocenters. The third kappa shape index (κ3) is 16.8. The zero-order valence-corrected chi connectivity index (χ0v) is 38.4. The molecule has 1 fully saturated rings. The Bertz CT molecular complexity index is 1690. The molecule has 2 aromatic heterocycles. The van der Waals surface area contributed by atoms with Crippen molar-refractivity contribution in [1.82, 2.24) is 30.0 Å². The summed E-state index contributed by atoms with van der Waals surface area (Å²) < 4.78 is 13.6. The highest BCUT2D eigenvalue weighted by Gasteiger charge is 2.24. The van der Waals surface area contributed by atoms with Crippen LogP contribution in [0.4, 0.5) is 17.5 Å². The second-order valence-corrected chi connectivity index (χ2v) is 16.7. The highest BCUT2D eigenvalue weighted by Crippen LogP contribution is 2.36. The van der Waals surface area contributed by atoms with Crippen LogP contribution in [-0.4, -0.2) is 108 Å². The maximum atomic E-state index is 13.1. The molecule has 1 atom stereocenters. The number of ether oxygens (including phenoxy) is 2. The first kappa shape index (κ1) is 49.3. The van der Waals surface area contributed by atoms with Gasteiger partial charge in [-0.15, -0.1) is 0 Å². The van der Waals surface area contributed by atoms with E-state index in [0.717, 1.165) is 49.8 Å². The molecule has 3 heterocycles. The number of aliphatic hydroxyl groups excluding tert-OH is 1. The molecule has 14 heteroatoms. The Kier molecular flexibility index (Phi) is 22.9. The number of piperazine rings is 1. The predicted molar refractivity (Wildman–Crippen MR) is 248 cm³/mol. The standard InChI is InChI=1S/C47H79N9O5/c1-6-8-9-10-11-12-13-14-15-16-17-18-19-20-21-25-43(58)49-27-23-22-26-44(59)55-30-28-54(29-31-55)38-32-41(60-4)39(42(33-38)61-5)34-56-35-40-45(53-56)46(52-47(48-3)51-40)50-37(36-57)24-7-2/h32-33,35,37,57H,6-31,34,36H2,1-5H3,(H,49,58)(H2,48,50,51,52)/t37-/m0/s1. The number of anilines is 3. The number of hydrogen-bond acceptors (Lipinski definition) is 11. The van der Waals surface area contributed by atoms with Crippen molar-refractivity contribution in [3.63, 3.8) is 0 Å². The number of hydrogen-bond donors (Lipinski definition) is 4. The molecule has 0 bridgehead atoms. The summed E-state index contributed by atoms with van der Waals surface area (Å²) in [6.45, 7) is 8.03. The molecule has 1 aliphatic heterocycles. The lowest BCUT2D eigenvalue weighted by Gasteiger charge is -2.36. The Morgan fingerprint density at radius 3 is 1.92 bits per heavy atom. The summed E-state index contributed by atoms with van der Waals surface area (Å²) in [7, 11) is 5.08. The van der Waals surface area contributed by atoms with E-state index in [1.54, 1.807) is 25.9 Å². The summed E-state index contributed by atoms with van der Waals surface area (Å²) in [5.41, 5.74) is 3.09. The second kappa shape index (κ2) is 28.3. The van der Waals surface area contributed by atoms with Crippen molar-refractivity contribution >= 4 is 40.3 Å². The van der Waals surface area contributed by atoms with Crippen LogP contribution in [0.5, 0.6) is 11.5 Å². The van der Waals surface area contributed by atoms with Crippen LogP contribution in [0.1, 0.15) is 154 Å². The lowest BCUT2D eigenvalue weighted by atomic mass is 10.0. The fraction of sp³-hybridized carbons (Fsp3) is 0.723. The Morgan fingerprint density at radius 2 is 1.36 bits per heavy atom. The van der Waals surface area contributed by atoms with Crippen molar-refractivity contribution in [2.75, 3.05) is 76.1 Å². The first-order valence-electron chi connectivity index (χ1n) is 23.7. The Labute approximate surface area is 366 Å². The second-order valence-electron chi connectivity index (χ2n) is 16.7. The van der Waals surface area contributed by atoms with Crippen LogP contribution < -0.4 is 30.3 Å². The topological polar surface area (TPSA) is 159 Å². The monoisotopic (exact) mass is 850 g/mol. The molecular weight excluding hydrogens is 771 g/mol. The highest BCUT2D eigenvalue weighted by atomic mass is 16.5. The average molecular weight is 850 g/mol. The maximum absolute atomic E-state index is 13.1. The van der Waals surface area contributed by atoms with Gasteiger partial charge in [0.05, 0.1) is 45.2 Å². The number of fused-ring (bicyclic) bond motifs is 1. The van der Waals surface area contributed by atoms with Crippen LogP contribution >= 0.6 is 0 Å². The van der Waals surface area contributed by atoms with Gasteiger partial charge in [0, 0.05) is 70.4 Å². The summed E-state index contributed by atoms with van der Waals surface area (Å²) >= 11 is 0. The fourth-order valence-electron chi connectivity index (χ4n) is 8.22. The van der Waals surface area contributed by atoms with Gasteiger partial charge in [-0.1, -0.05) is 110 Å². The van der Waals surface area contributed by atoms with E-state index in [1.165, 1.54) is 83.5 Å². The molecule has 4 N–H and O–H groups in total. The number of aliphatic hydroxyl groups is 1. The van der Waals surface area contributed by atoms with E-state index in [4.69, 9.17) is 14.6 Å². The number of methoxy groups -OCH3 is 2. The van der Waals surface area contributed by atoms with Crippen LogP contribution in [0.2, 0.25) is 0 Å². The molecule has 4 rings (SSSR count). The van der Waals surface area contributed by atoms with Crippen LogP contribution in [0.15, 0.2) is 18.3 Å². The highest BCUT2D eigenvalue weighted by molar-refractivity contribution is 5.86. The quantitative estimate of drug-likeness (QED) is 0.0446. The molecule has 0 aliphatic carbocycles. The van der Waals surface area contributed by atoms with Gasteiger partial charge in [0.25, 0.3) is 0 Å². The van der Waals surface area contributed by atoms with E-state index in [0.29, 0.717) is 86.4 Å². The van der Waals surface area contributed by atoms with Crippen molar-refractivity contribution in [3.05, 3.63) is 23.9 Å².